The monoisotopic (exact) mass is 175 g/mol. The van der Waals surface area contributed by atoms with E-state index in [1.54, 1.807) is 0 Å². The summed E-state index contributed by atoms with van der Waals surface area (Å²) in [4.78, 5) is 0. The van der Waals surface area contributed by atoms with Crippen molar-refractivity contribution in [1.82, 2.24) is 0 Å². The van der Waals surface area contributed by atoms with Crippen LogP contribution in [0.25, 0.3) is 0 Å². The Balaban J connectivity index is 2.65. The van der Waals surface area contributed by atoms with E-state index in [4.69, 9.17) is 0 Å². The number of aryl methyl sites for hydroxylation is 1. The Morgan fingerprint density at radius 2 is 1.77 bits per heavy atom. The van der Waals surface area contributed by atoms with Gasteiger partial charge in [-0.15, -0.1) is 0 Å². The maximum Gasteiger partial charge on any atom is 0.0381 e. The van der Waals surface area contributed by atoms with Gasteiger partial charge in [0.05, 0.1) is 0 Å². The van der Waals surface area contributed by atoms with Crippen molar-refractivity contribution in [3.05, 3.63) is 42.1 Å². The molecule has 0 bridgehead atoms. The summed E-state index contributed by atoms with van der Waals surface area (Å²) in [6.07, 6.45) is 0. The second-order valence-electron chi connectivity index (χ2n) is 3.67. The van der Waals surface area contributed by atoms with Crippen LogP contribution < -0.4 is 5.32 Å². The van der Waals surface area contributed by atoms with E-state index in [0.29, 0.717) is 5.92 Å². The maximum absolute atomic E-state index is 3.96. The quantitative estimate of drug-likeness (QED) is 0.740. The molecule has 0 atom stereocenters. The van der Waals surface area contributed by atoms with Gasteiger partial charge in [0.2, 0.25) is 0 Å². The molecule has 0 heterocycles. The van der Waals surface area contributed by atoms with E-state index in [9.17, 15) is 0 Å². The number of hydrogen-bond acceptors (Lipinski definition) is 1. The zero-order chi connectivity index (χ0) is 9.84. The van der Waals surface area contributed by atoms with Gasteiger partial charge >= 0.3 is 0 Å². The van der Waals surface area contributed by atoms with Gasteiger partial charge < -0.3 is 5.32 Å². The summed E-state index contributed by atoms with van der Waals surface area (Å²) in [6.45, 7) is 10.3. The number of hydrogen-bond donors (Lipinski definition) is 1. The lowest BCUT2D eigenvalue weighted by Gasteiger charge is -2.12. The van der Waals surface area contributed by atoms with Crippen LogP contribution in [-0.2, 0) is 0 Å². The molecule has 0 fully saturated rings. The Hall–Kier alpha value is -1.24. The van der Waals surface area contributed by atoms with Gasteiger partial charge in [-0.3, -0.25) is 0 Å². The van der Waals surface area contributed by atoms with Crippen molar-refractivity contribution in [3.8, 4) is 0 Å². The second-order valence-corrected chi connectivity index (χ2v) is 3.67. The maximum atomic E-state index is 3.96. The summed E-state index contributed by atoms with van der Waals surface area (Å²) in [6, 6.07) is 8.33. The third kappa shape index (κ3) is 2.94. The molecule has 0 aliphatic rings. The highest BCUT2D eigenvalue weighted by atomic mass is 14.9. The Labute approximate surface area is 80.5 Å². The molecular formula is C12H17N. The molecule has 13 heavy (non-hydrogen) atoms. The third-order valence-corrected chi connectivity index (χ3v) is 2.05. The lowest BCUT2D eigenvalue weighted by Crippen LogP contribution is -2.03. The van der Waals surface area contributed by atoms with E-state index in [1.165, 1.54) is 5.56 Å². The van der Waals surface area contributed by atoms with Crippen molar-refractivity contribution in [2.24, 2.45) is 5.92 Å². The van der Waals surface area contributed by atoms with Crippen LogP contribution in [0.15, 0.2) is 36.5 Å². The molecule has 0 radical (unpaired) electrons. The average molecular weight is 175 g/mol. The van der Waals surface area contributed by atoms with Crippen LogP contribution >= 0.6 is 0 Å². The van der Waals surface area contributed by atoms with Crippen LogP contribution in [-0.4, -0.2) is 0 Å². The van der Waals surface area contributed by atoms with Gasteiger partial charge in [0.15, 0.2) is 0 Å². The number of benzene rings is 1. The Morgan fingerprint density at radius 1 is 1.23 bits per heavy atom. The molecule has 1 N–H and O–H groups in total. The fraction of sp³-hybridized carbons (Fsp3) is 0.333. The summed E-state index contributed by atoms with van der Waals surface area (Å²) in [7, 11) is 0. The lowest BCUT2D eigenvalue weighted by molar-refractivity contribution is 0.778. The molecule has 0 spiro atoms. The molecule has 1 rings (SSSR count). The van der Waals surface area contributed by atoms with Gasteiger partial charge in [-0.25, -0.2) is 0 Å². The van der Waals surface area contributed by atoms with E-state index in [-0.39, 0.29) is 0 Å². The minimum Gasteiger partial charge on any atom is -0.359 e. The van der Waals surface area contributed by atoms with Crippen LogP contribution in [0.3, 0.4) is 0 Å². The molecule has 0 unspecified atom stereocenters. The van der Waals surface area contributed by atoms with E-state index >= 15 is 0 Å². The topological polar surface area (TPSA) is 12.0 Å². The molecule has 1 aromatic carbocycles. The summed E-state index contributed by atoms with van der Waals surface area (Å²) in [5.74, 6) is 0.473. The van der Waals surface area contributed by atoms with Crippen LogP contribution in [0, 0.1) is 12.8 Å². The number of nitrogens with one attached hydrogen (secondary N) is 1. The highest BCUT2D eigenvalue weighted by Crippen LogP contribution is 2.14. The predicted octanol–water partition coefficient (Wildman–Crippen LogP) is 3.58. The van der Waals surface area contributed by atoms with Crippen molar-refractivity contribution < 1.29 is 0 Å². The molecule has 0 aromatic heterocycles. The second kappa shape index (κ2) is 4.13. The van der Waals surface area contributed by atoms with Gasteiger partial charge in [-0.2, -0.15) is 0 Å². The van der Waals surface area contributed by atoms with E-state index in [1.807, 2.05) is 0 Å². The molecule has 0 aliphatic heterocycles. The molecule has 0 saturated heterocycles. The summed E-state index contributed by atoms with van der Waals surface area (Å²) < 4.78 is 0. The minimum atomic E-state index is 0.473. The Morgan fingerprint density at radius 3 is 2.23 bits per heavy atom. The van der Waals surface area contributed by atoms with Crippen LogP contribution in [0.5, 0.6) is 0 Å². The summed E-state index contributed by atoms with van der Waals surface area (Å²) in [5.41, 5.74) is 3.45. The average Bonchev–Trinajstić information content (AvgIpc) is 2.08. The molecule has 1 aromatic rings. The minimum absolute atomic E-state index is 0.473. The molecule has 0 saturated carbocycles. The van der Waals surface area contributed by atoms with E-state index in [2.05, 4.69) is 56.9 Å². The van der Waals surface area contributed by atoms with Gasteiger partial charge in [0.25, 0.3) is 0 Å². The van der Waals surface area contributed by atoms with Crippen molar-refractivity contribution >= 4 is 5.69 Å². The van der Waals surface area contributed by atoms with Crippen LogP contribution in [0.1, 0.15) is 19.4 Å². The smallest absolute Gasteiger partial charge is 0.0381 e. The van der Waals surface area contributed by atoms with Gasteiger partial charge in [-0.05, 0) is 25.0 Å². The fourth-order valence-corrected chi connectivity index (χ4v) is 0.967. The molecule has 70 valence electrons. The SMILES string of the molecule is C=C(Nc1ccc(C)cc1)C(C)C. The fourth-order valence-electron chi connectivity index (χ4n) is 0.967. The largest absolute Gasteiger partial charge is 0.359 e. The van der Waals surface area contributed by atoms with Gasteiger partial charge in [-0.1, -0.05) is 38.1 Å². The predicted molar refractivity (Wildman–Crippen MR) is 58.8 cm³/mol. The van der Waals surface area contributed by atoms with Crippen LogP contribution in [0.2, 0.25) is 0 Å². The van der Waals surface area contributed by atoms with E-state index < -0.39 is 0 Å². The first kappa shape index (κ1) is 9.85. The number of allylic oxidation sites excluding steroid dienone is 1. The first-order chi connectivity index (χ1) is 6.09. The zero-order valence-electron chi connectivity index (χ0n) is 8.59. The standard InChI is InChI=1S/C12H17N/c1-9(2)11(4)13-12-7-5-10(3)6-8-12/h5-9,13H,4H2,1-3H3. The number of rotatable bonds is 3. The highest BCUT2D eigenvalue weighted by molar-refractivity contribution is 5.48. The van der Waals surface area contributed by atoms with Crippen LogP contribution in [0.4, 0.5) is 5.69 Å². The highest BCUT2D eigenvalue weighted by Gasteiger charge is 1.99. The third-order valence-electron chi connectivity index (χ3n) is 2.05. The summed E-state index contributed by atoms with van der Waals surface area (Å²) >= 11 is 0. The molecular weight excluding hydrogens is 158 g/mol. The van der Waals surface area contributed by atoms with Crippen molar-refractivity contribution in [1.29, 1.82) is 0 Å². The molecule has 1 heteroatoms. The first-order valence-corrected chi connectivity index (χ1v) is 4.62. The molecule has 0 amide bonds. The van der Waals surface area contributed by atoms with Crippen molar-refractivity contribution in [3.63, 3.8) is 0 Å². The molecule has 0 aliphatic carbocycles. The lowest BCUT2D eigenvalue weighted by atomic mass is 10.1. The molecule has 1 nitrogen and oxygen atoms in total. The normalized spacial score (nSPS) is 10.2. The van der Waals surface area contributed by atoms with Gasteiger partial charge in [0.1, 0.15) is 0 Å². The Bertz CT molecular complexity index is 282. The number of anilines is 1. The van der Waals surface area contributed by atoms with Crippen molar-refractivity contribution in [2.45, 2.75) is 20.8 Å². The van der Waals surface area contributed by atoms with E-state index in [0.717, 1.165) is 11.4 Å². The van der Waals surface area contributed by atoms with Gasteiger partial charge in [0, 0.05) is 11.4 Å². The first-order valence-electron chi connectivity index (χ1n) is 4.62. The van der Waals surface area contributed by atoms with Crippen molar-refractivity contribution in [2.75, 3.05) is 5.32 Å². The zero-order valence-corrected chi connectivity index (χ0v) is 8.59. The Kier molecular flexibility index (Phi) is 3.13. The summed E-state index contributed by atoms with van der Waals surface area (Å²) in [5, 5.41) is 3.27.